The second-order valence-corrected chi connectivity index (χ2v) is 9.93. The van der Waals surface area contributed by atoms with E-state index in [2.05, 4.69) is 21.2 Å². The second-order valence-electron chi connectivity index (χ2n) is 8.77. The molecule has 42 heavy (non-hydrogen) atoms. The lowest BCUT2D eigenvalue weighted by atomic mass is 9.95. The number of aliphatic hydroxyl groups excluding tert-OH is 1. The lowest BCUT2D eigenvalue weighted by Gasteiger charge is -2.28. The zero-order valence-electron chi connectivity index (χ0n) is 23.8. The van der Waals surface area contributed by atoms with Crippen molar-refractivity contribution in [2.75, 3.05) is 26.9 Å². The van der Waals surface area contributed by atoms with Gasteiger partial charge in [0.2, 0.25) is 0 Å². The maximum Gasteiger partial charge on any atom is 0.337 e. The first-order valence-electron chi connectivity index (χ1n) is 12.9. The topological polar surface area (TPSA) is 166 Å². The maximum absolute atomic E-state index is 12.4. The van der Waals surface area contributed by atoms with Crippen LogP contribution in [0.3, 0.4) is 0 Å². The number of methoxy groups -OCH3 is 1. The van der Waals surface area contributed by atoms with Crippen LogP contribution in [-0.4, -0.2) is 62.4 Å². The minimum atomic E-state index is -1.18. The highest BCUT2D eigenvalue weighted by Crippen LogP contribution is 2.35. The Morgan fingerprint density at radius 1 is 1.12 bits per heavy atom. The Labute approximate surface area is 256 Å². The van der Waals surface area contributed by atoms with Gasteiger partial charge in [-0.2, -0.15) is 5.10 Å². The van der Waals surface area contributed by atoms with Crippen molar-refractivity contribution >= 4 is 46.8 Å². The molecule has 0 spiro atoms. The summed E-state index contributed by atoms with van der Waals surface area (Å²) in [5.41, 5.74) is 4.45. The number of aliphatic hydroxyl groups is 1. The minimum Gasteiger partial charge on any atom is -0.490 e. The molecule has 0 aliphatic carbocycles. The number of rotatable bonds is 13. The summed E-state index contributed by atoms with van der Waals surface area (Å²) in [6.07, 6.45) is 0.300. The zero-order chi connectivity index (χ0) is 30.8. The molecule has 0 saturated heterocycles. The van der Waals surface area contributed by atoms with Crippen LogP contribution in [0.5, 0.6) is 23.0 Å². The van der Waals surface area contributed by atoms with Crippen LogP contribution in [0.1, 0.15) is 44.9 Å². The van der Waals surface area contributed by atoms with Crippen molar-refractivity contribution < 1.29 is 43.2 Å². The molecule has 4 N–H and O–H groups in total. The summed E-state index contributed by atoms with van der Waals surface area (Å²) in [5, 5.41) is 19.8. The summed E-state index contributed by atoms with van der Waals surface area (Å²) >= 11 is 2.03. The van der Waals surface area contributed by atoms with Gasteiger partial charge in [-0.05, 0) is 78.8 Å². The van der Waals surface area contributed by atoms with Gasteiger partial charge in [0, 0.05) is 12.6 Å². The summed E-state index contributed by atoms with van der Waals surface area (Å²) in [6.45, 7) is 7.06. The summed E-state index contributed by atoms with van der Waals surface area (Å²) in [4.78, 5) is 36.0. The summed E-state index contributed by atoms with van der Waals surface area (Å²) < 4.78 is 27.9. The van der Waals surface area contributed by atoms with Gasteiger partial charge in [0.25, 0.3) is 0 Å². The number of hydrazone groups is 1. The number of ether oxygens (including phenoxy) is 5. The van der Waals surface area contributed by atoms with Gasteiger partial charge < -0.3 is 39.4 Å². The average Bonchev–Trinajstić information content (AvgIpc) is 2.93. The molecular weight excluding hydrogens is 663 g/mol. The van der Waals surface area contributed by atoms with Gasteiger partial charge in [-0.15, -0.1) is 0 Å². The molecule has 2 aromatic carbocycles. The number of nitrogens with zero attached hydrogens (tertiary/aromatic N) is 1. The van der Waals surface area contributed by atoms with E-state index in [1.165, 1.54) is 20.2 Å². The Hall–Kier alpha value is -4.05. The molecule has 1 aliphatic heterocycles. The first-order valence-corrected chi connectivity index (χ1v) is 14.0. The van der Waals surface area contributed by atoms with Gasteiger partial charge in [0.15, 0.2) is 29.2 Å². The third-order valence-corrected chi connectivity index (χ3v) is 6.49. The highest BCUT2D eigenvalue weighted by molar-refractivity contribution is 14.1. The highest BCUT2D eigenvalue weighted by atomic mass is 127. The van der Waals surface area contributed by atoms with E-state index >= 15 is 0 Å². The number of hydrogen-bond donors (Lipinski definition) is 4. The molecule has 0 unspecified atom stereocenters. The smallest absolute Gasteiger partial charge is 0.337 e. The molecule has 1 heterocycles. The molecule has 0 aromatic heterocycles. The number of nitrogens with one attached hydrogen (secondary N) is 3. The van der Waals surface area contributed by atoms with Crippen LogP contribution in [0.2, 0.25) is 0 Å². The van der Waals surface area contributed by atoms with E-state index < -0.39 is 30.2 Å². The van der Waals surface area contributed by atoms with Gasteiger partial charge >= 0.3 is 18.0 Å². The molecule has 2 aromatic rings. The quantitative estimate of drug-likeness (QED) is 0.0611. The van der Waals surface area contributed by atoms with Gasteiger partial charge in [0.05, 0.1) is 41.7 Å². The third-order valence-electron chi connectivity index (χ3n) is 5.69. The number of urea groups is 1. The maximum atomic E-state index is 12.4. The average molecular weight is 696 g/mol. The molecule has 1 aliphatic rings. The third kappa shape index (κ3) is 8.48. The summed E-state index contributed by atoms with van der Waals surface area (Å²) in [5.74, 6) is 0.370. The monoisotopic (exact) mass is 696 g/mol. The Balaban J connectivity index is 1.70. The van der Waals surface area contributed by atoms with Crippen molar-refractivity contribution in [1.29, 1.82) is 0 Å². The Bertz CT molecular complexity index is 1380. The number of allylic oxidation sites excluding steroid dienone is 1. The van der Waals surface area contributed by atoms with Gasteiger partial charge in [0.1, 0.15) is 6.61 Å². The van der Waals surface area contributed by atoms with Crippen molar-refractivity contribution in [1.82, 2.24) is 16.1 Å². The van der Waals surface area contributed by atoms with Crippen LogP contribution in [-0.2, 0) is 14.3 Å². The molecule has 2 amide bonds. The zero-order valence-corrected chi connectivity index (χ0v) is 25.9. The van der Waals surface area contributed by atoms with Crippen LogP contribution in [0.15, 0.2) is 46.7 Å². The molecule has 14 heteroatoms. The first-order chi connectivity index (χ1) is 20.1. The van der Waals surface area contributed by atoms with Gasteiger partial charge in [-0.3, -0.25) is 10.2 Å². The molecule has 0 fully saturated rings. The SMILES string of the molecule is CCOc1cc([C@@H]2NC(=O)NC(C)=C2C(=O)OC)ccc1OC[C@H](O)N/N=C/c1cc(I)c(OC(C)=O)c(OCC)c1. The lowest BCUT2D eigenvalue weighted by molar-refractivity contribution is -0.136. The van der Waals surface area contributed by atoms with E-state index in [0.717, 1.165) is 0 Å². The number of amides is 2. The Kier molecular flexibility index (Phi) is 11.8. The fraction of sp³-hybridized carbons (Fsp3) is 0.357. The number of benzene rings is 2. The second kappa shape index (κ2) is 15.3. The number of hydrogen-bond acceptors (Lipinski definition) is 11. The first kappa shape index (κ1) is 32.5. The normalized spacial score (nSPS) is 15.4. The Morgan fingerprint density at radius 2 is 1.83 bits per heavy atom. The lowest BCUT2D eigenvalue weighted by Crippen LogP contribution is -2.45. The van der Waals surface area contributed by atoms with Crippen LogP contribution >= 0.6 is 22.6 Å². The van der Waals surface area contributed by atoms with Crippen molar-refractivity contribution in [2.24, 2.45) is 5.10 Å². The summed E-state index contributed by atoms with van der Waals surface area (Å²) in [7, 11) is 1.27. The van der Waals surface area contributed by atoms with E-state index in [1.54, 1.807) is 44.2 Å². The van der Waals surface area contributed by atoms with E-state index in [-0.39, 0.29) is 12.2 Å². The van der Waals surface area contributed by atoms with Crippen LogP contribution < -0.4 is 35.0 Å². The van der Waals surface area contributed by atoms with E-state index in [0.29, 0.717) is 56.6 Å². The van der Waals surface area contributed by atoms with Crippen molar-refractivity contribution in [2.45, 2.75) is 40.0 Å². The van der Waals surface area contributed by atoms with Crippen LogP contribution in [0.4, 0.5) is 4.79 Å². The van der Waals surface area contributed by atoms with Crippen molar-refractivity contribution in [3.05, 3.63) is 56.3 Å². The van der Waals surface area contributed by atoms with Gasteiger partial charge in [-0.25, -0.2) is 9.59 Å². The minimum absolute atomic E-state index is 0.180. The number of carbonyl (C=O) groups excluding carboxylic acids is 3. The highest BCUT2D eigenvalue weighted by Gasteiger charge is 2.32. The molecule has 13 nitrogen and oxygen atoms in total. The van der Waals surface area contributed by atoms with E-state index in [9.17, 15) is 19.5 Å². The molecular formula is C28H33IN4O9. The number of halogens is 1. The fourth-order valence-corrected chi connectivity index (χ4v) is 4.72. The predicted octanol–water partition coefficient (Wildman–Crippen LogP) is 3.14. The number of esters is 2. The molecule has 0 radical (unpaired) electrons. The molecule has 0 saturated carbocycles. The van der Waals surface area contributed by atoms with Crippen molar-refractivity contribution in [3.63, 3.8) is 0 Å². The van der Waals surface area contributed by atoms with Crippen molar-refractivity contribution in [3.8, 4) is 23.0 Å². The molecule has 2 atom stereocenters. The Morgan fingerprint density at radius 3 is 2.50 bits per heavy atom. The molecule has 226 valence electrons. The molecule has 3 rings (SSSR count). The van der Waals surface area contributed by atoms with Crippen LogP contribution in [0.25, 0.3) is 0 Å². The standard InChI is InChI=1S/C28H33IN4O9/c1-6-39-21-12-18(25-24(27(36)38-5)15(3)31-28(37)32-25)8-9-20(21)41-14-23(35)33-30-13-17-10-19(29)26(42-16(4)34)22(11-17)40-7-2/h8-13,23,25,33,35H,6-7,14H2,1-5H3,(H2,31,32,37)/b30-13+/t23-,25-/m0/s1. The van der Waals surface area contributed by atoms with E-state index in [4.69, 9.17) is 23.7 Å². The predicted molar refractivity (Wildman–Crippen MR) is 161 cm³/mol. The van der Waals surface area contributed by atoms with E-state index in [1.807, 2.05) is 29.5 Å². The fourth-order valence-electron chi connectivity index (χ4n) is 3.99. The largest absolute Gasteiger partial charge is 0.490 e. The van der Waals surface area contributed by atoms with Crippen LogP contribution in [0, 0.1) is 3.57 Å². The molecule has 0 bridgehead atoms. The van der Waals surface area contributed by atoms with Gasteiger partial charge in [-0.1, -0.05) is 6.07 Å². The summed E-state index contributed by atoms with van der Waals surface area (Å²) in [6, 6.07) is 7.15. The number of carbonyl (C=O) groups is 3.